The number of fused-ring (bicyclic) bond motifs is 1. The van der Waals surface area contributed by atoms with Crippen molar-refractivity contribution in [2.75, 3.05) is 9.62 Å². The van der Waals surface area contributed by atoms with Crippen LogP contribution in [-0.2, 0) is 29.3 Å². The normalized spacial score (nSPS) is 15.4. The fourth-order valence-electron chi connectivity index (χ4n) is 4.45. The van der Waals surface area contributed by atoms with Crippen molar-refractivity contribution in [2.24, 2.45) is 0 Å². The van der Waals surface area contributed by atoms with E-state index in [-0.39, 0.29) is 16.8 Å². The predicted molar refractivity (Wildman–Crippen MR) is 137 cm³/mol. The van der Waals surface area contributed by atoms with Crippen molar-refractivity contribution >= 4 is 43.2 Å². The lowest BCUT2D eigenvalue weighted by Crippen LogP contribution is -2.35. The molecule has 0 aliphatic carbocycles. The predicted octanol–water partition coefficient (Wildman–Crippen LogP) is 5.97. The minimum Gasteiger partial charge on any atom is -0.321 e. The lowest BCUT2D eigenvalue weighted by molar-refractivity contribution is 0.102. The highest BCUT2D eigenvalue weighted by Crippen LogP contribution is 2.37. The van der Waals surface area contributed by atoms with Gasteiger partial charge in [0.1, 0.15) is 0 Å². The van der Waals surface area contributed by atoms with Gasteiger partial charge in [0.15, 0.2) is 0 Å². The number of nitrogens with one attached hydrogen (secondary N) is 1. The molecule has 1 atom stereocenters. The van der Waals surface area contributed by atoms with Gasteiger partial charge >= 0.3 is 0 Å². The molecule has 1 aliphatic rings. The molecular formula is C26H27BrN2O3S. The molecule has 1 heterocycles. The van der Waals surface area contributed by atoms with Gasteiger partial charge in [-0.05, 0) is 85.3 Å². The summed E-state index contributed by atoms with van der Waals surface area (Å²) in [6.07, 6.45) is 2.16. The Labute approximate surface area is 204 Å². The van der Waals surface area contributed by atoms with E-state index < -0.39 is 10.0 Å². The van der Waals surface area contributed by atoms with E-state index in [2.05, 4.69) is 35.1 Å². The summed E-state index contributed by atoms with van der Waals surface area (Å²) in [5, 5.41) is 3.10. The molecule has 5 nitrogen and oxygen atoms in total. The second-order valence-corrected chi connectivity index (χ2v) is 11.0. The van der Waals surface area contributed by atoms with Crippen LogP contribution in [0.15, 0.2) is 70.0 Å². The van der Waals surface area contributed by atoms with Gasteiger partial charge in [-0.3, -0.25) is 9.10 Å². The van der Waals surface area contributed by atoms with Crippen LogP contribution in [0.5, 0.6) is 0 Å². The molecule has 1 unspecified atom stereocenters. The minimum absolute atomic E-state index is 0.193. The molecule has 33 heavy (non-hydrogen) atoms. The fraction of sp³-hybridized carbons (Fsp3) is 0.269. The number of rotatable bonds is 6. The Bertz CT molecular complexity index is 1280. The van der Waals surface area contributed by atoms with Gasteiger partial charge in [-0.15, -0.1) is 0 Å². The van der Waals surface area contributed by atoms with Crippen molar-refractivity contribution in [3.8, 4) is 0 Å². The lowest BCUT2D eigenvalue weighted by Gasteiger charge is -2.24. The third-order valence-corrected chi connectivity index (χ3v) is 8.46. The first-order valence-electron chi connectivity index (χ1n) is 11.1. The van der Waals surface area contributed by atoms with Crippen molar-refractivity contribution in [1.82, 2.24) is 0 Å². The molecule has 0 spiro atoms. The summed E-state index contributed by atoms with van der Waals surface area (Å²) in [6.45, 7) is 6.02. The summed E-state index contributed by atoms with van der Waals surface area (Å²) in [7, 11) is -3.68. The summed E-state index contributed by atoms with van der Waals surface area (Å²) in [4.78, 5) is 13.4. The molecule has 3 aromatic carbocycles. The Kier molecular flexibility index (Phi) is 6.64. The first-order valence-corrected chi connectivity index (χ1v) is 13.3. The topological polar surface area (TPSA) is 66.5 Å². The van der Waals surface area contributed by atoms with Crippen LogP contribution in [0, 0.1) is 0 Å². The standard InChI is InChI=1S/C26H27BrN2O3S/c1-4-18-15-22(27)16-19(5-2)25(18)28-26(30)20-11-12-24-21(14-20)13-17(3)29(24)33(31,32)23-9-7-6-8-10-23/h6-12,14-17H,4-5,13H2,1-3H3,(H,28,30). The molecule has 0 fully saturated rings. The fourth-order valence-corrected chi connectivity index (χ4v) is 6.71. The van der Waals surface area contributed by atoms with Crippen LogP contribution in [0.1, 0.15) is 47.8 Å². The molecule has 1 aliphatic heterocycles. The molecule has 172 valence electrons. The van der Waals surface area contributed by atoms with Gasteiger partial charge in [0, 0.05) is 21.8 Å². The van der Waals surface area contributed by atoms with Crippen LogP contribution in [0.3, 0.4) is 0 Å². The summed E-state index contributed by atoms with van der Waals surface area (Å²) in [5.41, 5.74) is 5.02. The van der Waals surface area contributed by atoms with Crippen LogP contribution in [0.4, 0.5) is 11.4 Å². The Hall–Kier alpha value is -2.64. The molecule has 3 aromatic rings. The van der Waals surface area contributed by atoms with Crippen molar-refractivity contribution < 1.29 is 13.2 Å². The first kappa shape index (κ1) is 23.5. The number of carbonyl (C=O) groups excluding carboxylic acids is 1. The third-order valence-electron chi connectivity index (χ3n) is 6.06. The van der Waals surface area contributed by atoms with Gasteiger partial charge in [-0.2, -0.15) is 0 Å². The molecule has 7 heteroatoms. The largest absolute Gasteiger partial charge is 0.321 e. The molecule has 1 amide bonds. The van der Waals surface area contributed by atoms with Crippen molar-refractivity contribution in [3.63, 3.8) is 0 Å². The number of nitrogens with zero attached hydrogens (tertiary/aromatic N) is 1. The van der Waals surface area contributed by atoms with E-state index in [0.29, 0.717) is 17.7 Å². The smallest absolute Gasteiger partial charge is 0.264 e. The molecule has 1 N–H and O–H groups in total. The van der Waals surface area contributed by atoms with E-state index >= 15 is 0 Å². The lowest BCUT2D eigenvalue weighted by atomic mass is 10.0. The molecule has 0 aromatic heterocycles. The molecule has 4 rings (SSSR count). The van der Waals surface area contributed by atoms with Crippen molar-refractivity contribution in [3.05, 3.63) is 87.4 Å². The average Bonchev–Trinajstić information content (AvgIpc) is 3.15. The van der Waals surface area contributed by atoms with E-state index in [0.717, 1.165) is 39.7 Å². The molecule has 0 bridgehead atoms. The van der Waals surface area contributed by atoms with Gasteiger partial charge in [-0.1, -0.05) is 48.0 Å². The Balaban J connectivity index is 1.65. The summed E-state index contributed by atoms with van der Waals surface area (Å²) >= 11 is 3.55. The average molecular weight is 527 g/mol. The summed E-state index contributed by atoms with van der Waals surface area (Å²) in [5.74, 6) is -0.193. The van der Waals surface area contributed by atoms with E-state index in [4.69, 9.17) is 0 Å². The maximum absolute atomic E-state index is 13.3. The number of benzene rings is 3. The second-order valence-electron chi connectivity index (χ2n) is 8.27. The van der Waals surface area contributed by atoms with Crippen LogP contribution >= 0.6 is 15.9 Å². The zero-order valence-electron chi connectivity index (χ0n) is 18.9. The van der Waals surface area contributed by atoms with Crippen LogP contribution in [-0.4, -0.2) is 20.4 Å². The first-order chi connectivity index (χ1) is 15.8. The Morgan fingerprint density at radius 2 is 1.67 bits per heavy atom. The van der Waals surface area contributed by atoms with Crippen molar-refractivity contribution in [1.29, 1.82) is 0 Å². The maximum atomic E-state index is 13.3. The zero-order chi connectivity index (χ0) is 23.8. The maximum Gasteiger partial charge on any atom is 0.264 e. The monoisotopic (exact) mass is 526 g/mol. The molecule has 0 saturated carbocycles. The van der Waals surface area contributed by atoms with E-state index in [9.17, 15) is 13.2 Å². The van der Waals surface area contributed by atoms with E-state index in [1.165, 1.54) is 4.31 Å². The van der Waals surface area contributed by atoms with Crippen LogP contribution < -0.4 is 9.62 Å². The van der Waals surface area contributed by atoms with Gasteiger partial charge < -0.3 is 5.32 Å². The van der Waals surface area contributed by atoms with Crippen LogP contribution in [0.25, 0.3) is 0 Å². The second kappa shape index (κ2) is 9.31. The Morgan fingerprint density at radius 3 is 2.27 bits per heavy atom. The van der Waals surface area contributed by atoms with Gasteiger partial charge in [0.05, 0.1) is 10.6 Å². The number of hydrogen-bond acceptors (Lipinski definition) is 3. The van der Waals surface area contributed by atoms with E-state index in [1.807, 2.05) is 25.1 Å². The highest BCUT2D eigenvalue weighted by atomic mass is 79.9. The molecular weight excluding hydrogens is 500 g/mol. The number of halogens is 1. The minimum atomic E-state index is -3.68. The number of anilines is 2. The van der Waals surface area contributed by atoms with E-state index in [1.54, 1.807) is 42.5 Å². The van der Waals surface area contributed by atoms with Crippen LogP contribution in [0.2, 0.25) is 0 Å². The number of sulfonamides is 1. The molecule has 0 saturated heterocycles. The number of amides is 1. The summed E-state index contributed by atoms with van der Waals surface area (Å²) in [6, 6.07) is 17.6. The highest BCUT2D eigenvalue weighted by Gasteiger charge is 2.36. The number of hydrogen-bond donors (Lipinski definition) is 1. The van der Waals surface area contributed by atoms with Gasteiger partial charge in [0.2, 0.25) is 0 Å². The zero-order valence-corrected chi connectivity index (χ0v) is 21.3. The van der Waals surface area contributed by atoms with Crippen molar-refractivity contribution in [2.45, 2.75) is 51.0 Å². The Morgan fingerprint density at radius 1 is 1.03 bits per heavy atom. The number of aryl methyl sites for hydroxylation is 2. The summed E-state index contributed by atoms with van der Waals surface area (Å²) < 4.78 is 29.0. The highest BCUT2D eigenvalue weighted by molar-refractivity contribution is 9.10. The van der Waals surface area contributed by atoms with Gasteiger partial charge in [-0.25, -0.2) is 8.42 Å². The number of carbonyl (C=O) groups is 1. The quantitative estimate of drug-likeness (QED) is 0.430. The van der Waals surface area contributed by atoms with Gasteiger partial charge in [0.25, 0.3) is 15.9 Å². The molecule has 0 radical (unpaired) electrons. The third kappa shape index (κ3) is 4.44. The SMILES string of the molecule is CCc1cc(Br)cc(CC)c1NC(=O)c1ccc2c(c1)CC(C)N2S(=O)(=O)c1ccccc1.